The molecule has 1 aliphatic carbocycles. The zero-order chi connectivity index (χ0) is 19.1. The number of aromatic nitrogens is 3. The molecule has 0 bridgehead atoms. The van der Waals surface area contributed by atoms with Gasteiger partial charge < -0.3 is 15.9 Å². The summed E-state index contributed by atoms with van der Waals surface area (Å²) >= 11 is 1.20. The molecule has 2 aromatic rings. The number of rotatable bonds is 8. The van der Waals surface area contributed by atoms with Crippen LogP contribution in [0, 0.1) is 0 Å². The fourth-order valence-corrected chi connectivity index (χ4v) is 3.30. The van der Waals surface area contributed by atoms with Gasteiger partial charge in [0.15, 0.2) is 0 Å². The van der Waals surface area contributed by atoms with Crippen LogP contribution >= 0.6 is 11.8 Å². The highest BCUT2D eigenvalue weighted by atomic mass is 32.2. The molecule has 0 radical (unpaired) electrons. The molecule has 0 spiro atoms. The van der Waals surface area contributed by atoms with Crippen LogP contribution in [-0.2, 0) is 4.79 Å². The number of carbonyl (C=O) groups is 1. The van der Waals surface area contributed by atoms with Gasteiger partial charge in [-0.2, -0.15) is 5.10 Å². The van der Waals surface area contributed by atoms with Gasteiger partial charge in [-0.1, -0.05) is 23.9 Å². The second-order valence-corrected chi connectivity index (χ2v) is 6.88. The maximum atomic E-state index is 12.2. The zero-order valence-corrected chi connectivity index (χ0v) is 16.0. The Bertz CT molecular complexity index is 813. The van der Waals surface area contributed by atoms with E-state index in [2.05, 4.69) is 26.0 Å². The molecule has 1 fully saturated rings. The minimum absolute atomic E-state index is 0.143. The number of nitrogen functional groups attached to an aromatic ring is 1. The SMILES string of the molecule is CCOc1ccccc1NC(=O)CSc1nnc(NN=C2CCCC2)n1N. The number of hydrogen-bond donors (Lipinski definition) is 3. The fourth-order valence-electron chi connectivity index (χ4n) is 2.64. The Morgan fingerprint density at radius 3 is 2.89 bits per heavy atom. The number of hydrogen-bond acceptors (Lipinski definition) is 8. The number of nitrogens with one attached hydrogen (secondary N) is 2. The summed E-state index contributed by atoms with van der Waals surface area (Å²) in [6, 6.07) is 7.30. The zero-order valence-electron chi connectivity index (χ0n) is 15.1. The molecule has 4 N–H and O–H groups in total. The van der Waals surface area contributed by atoms with E-state index in [0.717, 1.165) is 18.6 Å². The Morgan fingerprint density at radius 1 is 1.33 bits per heavy atom. The van der Waals surface area contributed by atoms with Crippen LogP contribution < -0.4 is 21.3 Å². The number of ether oxygens (including phenoxy) is 1. The third-order valence-electron chi connectivity index (χ3n) is 3.95. The molecule has 1 amide bonds. The molecule has 1 saturated carbocycles. The first-order chi connectivity index (χ1) is 13.2. The first kappa shape index (κ1) is 19.0. The van der Waals surface area contributed by atoms with Crippen LogP contribution in [0.4, 0.5) is 11.6 Å². The second-order valence-electron chi connectivity index (χ2n) is 5.94. The number of nitrogens with two attached hydrogens (primary N) is 1. The predicted octanol–water partition coefficient (Wildman–Crippen LogP) is 2.46. The van der Waals surface area contributed by atoms with Gasteiger partial charge in [-0.25, -0.2) is 10.1 Å². The fraction of sp³-hybridized carbons (Fsp3) is 0.412. The van der Waals surface area contributed by atoms with E-state index in [1.54, 1.807) is 6.07 Å². The summed E-state index contributed by atoms with van der Waals surface area (Å²) in [6.45, 7) is 2.42. The van der Waals surface area contributed by atoms with E-state index in [1.807, 2.05) is 25.1 Å². The number of amides is 1. The van der Waals surface area contributed by atoms with E-state index < -0.39 is 0 Å². The maximum absolute atomic E-state index is 12.2. The smallest absolute Gasteiger partial charge is 0.264 e. The number of carbonyl (C=O) groups excluding carboxylic acids is 1. The van der Waals surface area contributed by atoms with Crippen molar-refractivity contribution < 1.29 is 9.53 Å². The Balaban J connectivity index is 1.54. The van der Waals surface area contributed by atoms with Gasteiger partial charge in [-0.05, 0) is 44.7 Å². The van der Waals surface area contributed by atoms with Gasteiger partial charge in [0, 0.05) is 5.71 Å². The molecule has 9 nitrogen and oxygen atoms in total. The summed E-state index contributed by atoms with van der Waals surface area (Å²) in [5.41, 5.74) is 4.59. The van der Waals surface area contributed by atoms with Crippen molar-refractivity contribution in [3.63, 3.8) is 0 Å². The topological polar surface area (TPSA) is 119 Å². The number of benzene rings is 1. The average Bonchev–Trinajstić information content (AvgIpc) is 3.30. The van der Waals surface area contributed by atoms with Crippen LogP contribution in [0.2, 0.25) is 0 Å². The first-order valence-corrected chi connectivity index (χ1v) is 9.82. The van der Waals surface area contributed by atoms with Gasteiger partial charge in [0.25, 0.3) is 5.95 Å². The van der Waals surface area contributed by atoms with E-state index in [4.69, 9.17) is 10.6 Å². The highest BCUT2D eigenvalue weighted by molar-refractivity contribution is 7.99. The van der Waals surface area contributed by atoms with Crippen molar-refractivity contribution in [1.82, 2.24) is 14.9 Å². The minimum atomic E-state index is -0.184. The lowest BCUT2D eigenvalue weighted by atomic mass is 10.3. The Kier molecular flexibility index (Phi) is 6.53. The van der Waals surface area contributed by atoms with Crippen LogP contribution in [0.5, 0.6) is 5.75 Å². The molecule has 1 heterocycles. The van der Waals surface area contributed by atoms with Crippen molar-refractivity contribution in [2.45, 2.75) is 37.8 Å². The highest BCUT2D eigenvalue weighted by Crippen LogP contribution is 2.24. The summed E-state index contributed by atoms with van der Waals surface area (Å²) < 4.78 is 6.80. The van der Waals surface area contributed by atoms with E-state index in [9.17, 15) is 4.79 Å². The van der Waals surface area contributed by atoms with Gasteiger partial charge in [-0.3, -0.25) is 4.79 Å². The third kappa shape index (κ3) is 5.13. The monoisotopic (exact) mass is 389 g/mol. The average molecular weight is 389 g/mol. The van der Waals surface area contributed by atoms with Gasteiger partial charge in [-0.15, -0.1) is 10.2 Å². The number of hydrazone groups is 1. The van der Waals surface area contributed by atoms with Crippen molar-refractivity contribution in [1.29, 1.82) is 0 Å². The standard InChI is InChI=1S/C17H23N7O2S/c1-2-26-14-10-6-5-9-13(14)19-15(25)11-27-17-23-22-16(24(17)18)21-20-12-7-3-4-8-12/h5-6,9-10H,2-4,7-8,11,18H2,1H3,(H,19,25)(H,21,22). The molecule has 144 valence electrons. The summed E-state index contributed by atoms with van der Waals surface area (Å²) in [5.74, 6) is 6.92. The lowest BCUT2D eigenvalue weighted by molar-refractivity contribution is -0.113. The molecular formula is C17H23N7O2S. The van der Waals surface area contributed by atoms with E-state index in [1.165, 1.54) is 29.3 Å². The van der Waals surface area contributed by atoms with Gasteiger partial charge in [0.05, 0.1) is 18.0 Å². The van der Waals surface area contributed by atoms with Gasteiger partial charge in [0.1, 0.15) is 5.75 Å². The minimum Gasteiger partial charge on any atom is -0.492 e. The Hall–Kier alpha value is -2.75. The molecule has 0 atom stereocenters. The van der Waals surface area contributed by atoms with Gasteiger partial charge in [0.2, 0.25) is 11.1 Å². The largest absolute Gasteiger partial charge is 0.492 e. The summed E-state index contributed by atoms with van der Waals surface area (Å²) in [5, 5.41) is 15.5. The molecule has 3 rings (SSSR count). The number of anilines is 2. The second kappa shape index (κ2) is 9.26. The summed E-state index contributed by atoms with van der Waals surface area (Å²) in [6.07, 6.45) is 4.32. The van der Waals surface area contributed by atoms with Crippen molar-refractivity contribution in [3.8, 4) is 5.75 Å². The van der Waals surface area contributed by atoms with Crippen LogP contribution in [0.15, 0.2) is 34.5 Å². The molecule has 10 heteroatoms. The quantitative estimate of drug-likeness (QED) is 0.360. The molecule has 0 unspecified atom stereocenters. The van der Waals surface area contributed by atoms with E-state index >= 15 is 0 Å². The lowest BCUT2D eigenvalue weighted by Crippen LogP contribution is -2.17. The van der Waals surface area contributed by atoms with Crippen molar-refractivity contribution >= 4 is 35.0 Å². The summed E-state index contributed by atoms with van der Waals surface area (Å²) in [7, 11) is 0. The molecular weight excluding hydrogens is 366 g/mol. The third-order valence-corrected chi connectivity index (χ3v) is 4.90. The summed E-state index contributed by atoms with van der Waals surface area (Å²) in [4.78, 5) is 12.2. The molecule has 0 aliphatic heterocycles. The van der Waals surface area contributed by atoms with Crippen molar-refractivity contribution in [3.05, 3.63) is 24.3 Å². The number of thioether (sulfide) groups is 1. The van der Waals surface area contributed by atoms with Gasteiger partial charge >= 0.3 is 0 Å². The number of nitrogens with zero attached hydrogens (tertiary/aromatic N) is 4. The number of para-hydroxylation sites is 2. The Morgan fingerprint density at radius 2 is 2.11 bits per heavy atom. The molecule has 27 heavy (non-hydrogen) atoms. The molecule has 0 saturated heterocycles. The predicted molar refractivity (Wildman–Crippen MR) is 107 cm³/mol. The van der Waals surface area contributed by atoms with Crippen LogP contribution in [0.3, 0.4) is 0 Å². The lowest BCUT2D eigenvalue weighted by Gasteiger charge is -2.10. The van der Waals surface area contributed by atoms with Crippen LogP contribution in [0.25, 0.3) is 0 Å². The van der Waals surface area contributed by atoms with Crippen molar-refractivity contribution in [2.24, 2.45) is 5.10 Å². The molecule has 1 aromatic heterocycles. The Labute approximate surface area is 161 Å². The van der Waals surface area contributed by atoms with E-state index in [-0.39, 0.29) is 11.7 Å². The van der Waals surface area contributed by atoms with Crippen molar-refractivity contribution in [2.75, 3.05) is 28.9 Å². The first-order valence-electron chi connectivity index (χ1n) is 8.83. The molecule has 1 aromatic carbocycles. The molecule has 1 aliphatic rings. The van der Waals surface area contributed by atoms with Crippen LogP contribution in [0.1, 0.15) is 32.6 Å². The van der Waals surface area contributed by atoms with Crippen LogP contribution in [-0.4, -0.2) is 38.9 Å². The van der Waals surface area contributed by atoms with E-state index in [0.29, 0.717) is 29.1 Å². The maximum Gasteiger partial charge on any atom is 0.264 e. The highest BCUT2D eigenvalue weighted by Gasteiger charge is 2.14. The normalized spacial score (nSPS) is 13.4.